The van der Waals surface area contributed by atoms with Gasteiger partial charge in [0, 0.05) is 31.3 Å². The van der Waals surface area contributed by atoms with Crippen molar-refractivity contribution in [2.24, 2.45) is 0 Å². The maximum atomic E-state index is 13.0. The molecule has 0 aliphatic carbocycles. The summed E-state index contributed by atoms with van der Waals surface area (Å²) < 4.78 is 12.7. The molecule has 1 atom stereocenters. The van der Waals surface area contributed by atoms with Gasteiger partial charge in [-0.2, -0.15) is 0 Å². The Morgan fingerprint density at radius 2 is 2.00 bits per heavy atom. The number of rotatable bonds is 4. The molecule has 0 aromatic carbocycles. The van der Waals surface area contributed by atoms with Crippen molar-refractivity contribution in [1.82, 2.24) is 24.5 Å². The number of pyridine rings is 1. The second-order valence-corrected chi connectivity index (χ2v) is 6.17. The normalized spacial score (nSPS) is 16.8. The molecule has 8 nitrogen and oxygen atoms in total. The van der Waals surface area contributed by atoms with Crippen molar-refractivity contribution in [3.63, 3.8) is 0 Å². The Morgan fingerprint density at radius 1 is 1.19 bits per heavy atom. The topological polar surface area (TPSA) is 81.9 Å². The van der Waals surface area contributed by atoms with Crippen LogP contribution in [-0.4, -0.2) is 56.7 Å². The van der Waals surface area contributed by atoms with Crippen LogP contribution in [0.25, 0.3) is 5.65 Å². The van der Waals surface area contributed by atoms with Crippen molar-refractivity contribution in [3.8, 4) is 11.8 Å². The molecule has 0 spiro atoms. The Morgan fingerprint density at radius 3 is 2.77 bits per heavy atom. The molecule has 1 fully saturated rings. The zero-order valence-electron chi connectivity index (χ0n) is 14.6. The molecule has 134 valence electrons. The average Bonchev–Trinajstić information content (AvgIpc) is 3.25. The Labute approximate surface area is 150 Å². The molecule has 4 rings (SSSR count). The van der Waals surface area contributed by atoms with Gasteiger partial charge in [-0.15, -0.1) is 10.2 Å². The fraction of sp³-hybridized carbons (Fsp3) is 0.333. The van der Waals surface area contributed by atoms with Gasteiger partial charge in [-0.05, 0) is 19.1 Å². The van der Waals surface area contributed by atoms with E-state index in [4.69, 9.17) is 9.47 Å². The number of aryl methyl sites for hydroxylation is 1. The third kappa shape index (κ3) is 2.94. The van der Waals surface area contributed by atoms with Gasteiger partial charge in [-0.25, -0.2) is 4.98 Å². The first-order valence-corrected chi connectivity index (χ1v) is 8.43. The predicted molar refractivity (Wildman–Crippen MR) is 93.4 cm³/mol. The lowest BCUT2D eigenvalue weighted by Crippen LogP contribution is -2.32. The van der Waals surface area contributed by atoms with Crippen molar-refractivity contribution in [1.29, 1.82) is 0 Å². The number of ether oxygens (including phenoxy) is 2. The summed E-state index contributed by atoms with van der Waals surface area (Å²) in [6, 6.07) is 9.10. The molecule has 0 radical (unpaired) electrons. The Balaban J connectivity index is 1.47. The van der Waals surface area contributed by atoms with Crippen molar-refractivity contribution < 1.29 is 14.3 Å². The molecule has 1 aliphatic rings. The molecule has 0 bridgehead atoms. The SMILES string of the molecule is COc1ccc(O[C@@H]2CCN(C(=O)c3c(C)nc4ccccn34)C2)nn1. The number of carbonyl (C=O) groups is 1. The first kappa shape index (κ1) is 16.3. The smallest absolute Gasteiger partial charge is 0.272 e. The van der Waals surface area contributed by atoms with E-state index >= 15 is 0 Å². The minimum atomic E-state index is -0.110. The first-order valence-electron chi connectivity index (χ1n) is 8.43. The highest BCUT2D eigenvalue weighted by molar-refractivity contribution is 5.94. The van der Waals surface area contributed by atoms with E-state index in [-0.39, 0.29) is 12.0 Å². The summed E-state index contributed by atoms with van der Waals surface area (Å²) >= 11 is 0. The number of methoxy groups -OCH3 is 1. The number of amides is 1. The zero-order valence-corrected chi connectivity index (χ0v) is 14.6. The van der Waals surface area contributed by atoms with E-state index in [1.165, 1.54) is 7.11 Å². The molecular formula is C18H19N5O3. The quantitative estimate of drug-likeness (QED) is 0.710. The molecule has 1 saturated heterocycles. The first-order chi connectivity index (χ1) is 12.7. The van der Waals surface area contributed by atoms with Crippen LogP contribution in [0.3, 0.4) is 0 Å². The Bertz CT molecular complexity index is 938. The van der Waals surface area contributed by atoms with Crippen LogP contribution in [0.5, 0.6) is 11.8 Å². The van der Waals surface area contributed by atoms with Crippen LogP contribution in [0, 0.1) is 6.92 Å². The van der Waals surface area contributed by atoms with Gasteiger partial charge in [-0.3, -0.25) is 9.20 Å². The summed E-state index contributed by atoms with van der Waals surface area (Å²) in [5.74, 6) is 0.827. The summed E-state index contributed by atoms with van der Waals surface area (Å²) in [5.41, 5.74) is 2.10. The maximum Gasteiger partial charge on any atom is 0.272 e. The van der Waals surface area contributed by atoms with Gasteiger partial charge in [-0.1, -0.05) is 6.07 Å². The van der Waals surface area contributed by atoms with E-state index in [1.807, 2.05) is 35.7 Å². The third-order valence-electron chi connectivity index (χ3n) is 4.45. The highest BCUT2D eigenvalue weighted by Crippen LogP contribution is 2.21. The minimum absolute atomic E-state index is 0.0342. The molecule has 4 heterocycles. The Kier molecular flexibility index (Phi) is 4.16. The second-order valence-electron chi connectivity index (χ2n) is 6.17. The number of nitrogens with zero attached hydrogens (tertiary/aromatic N) is 5. The molecule has 0 saturated carbocycles. The van der Waals surface area contributed by atoms with Gasteiger partial charge < -0.3 is 14.4 Å². The summed E-state index contributed by atoms with van der Waals surface area (Å²) in [5, 5.41) is 7.86. The molecule has 0 N–H and O–H groups in total. The van der Waals surface area contributed by atoms with E-state index < -0.39 is 0 Å². The van der Waals surface area contributed by atoms with Gasteiger partial charge in [0.15, 0.2) is 0 Å². The molecular weight excluding hydrogens is 334 g/mol. The molecule has 0 unspecified atom stereocenters. The lowest BCUT2D eigenvalue weighted by atomic mass is 10.3. The summed E-state index contributed by atoms with van der Waals surface area (Å²) in [6.45, 7) is 3.00. The number of fused-ring (bicyclic) bond motifs is 1. The number of hydrogen-bond donors (Lipinski definition) is 0. The zero-order chi connectivity index (χ0) is 18.1. The average molecular weight is 353 g/mol. The van der Waals surface area contributed by atoms with Crippen molar-refractivity contribution >= 4 is 11.6 Å². The van der Waals surface area contributed by atoms with Crippen LogP contribution >= 0.6 is 0 Å². The molecule has 1 aliphatic heterocycles. The minimum Gasteiger partial charge on any atom is -0.480 e. The molecule has 3 aromatic rings. The highest BCUT2D eigenvalue weighted by atomic mass is 16.5. The summed E-state index contributed by atoms with van der Waals surface area (Å²) in [7, 11) is 1.53. The van der Waals surface area contributed by atoms with Crippen LogP contribution in [-0.2, 0) is 0 Å². The monoisotopic (exact) mass is 353 g/mol. The van der Waals surface area contributed by atoms with E-state index in [0.29, 0.717) is 30.5 Å². The second kappa shape index (κ2) is 6.62. The number of carbonyl (C=O) groups excluding carboxylic acids is 1. The van der Waals surface area contributed by atoms with Crippen LogP contribution in [0.1, 0.15) is 22.6 Å². The fourth-order valence-corrected chi connectivity index (χ4v) is 3.18. The summed E-state index contributed by atoms with van der Waals surface area (Å²) in [6.07, 6.45) is 2.50. The van der Waals surface area contributed by atoms with Crippen molar-refractivity contribution in [3.05, 3.63) is 47.9 Å². The van der Waals surface area contributed by atoms with Crippen molar-refractivity contribution in [2.75, 3.05) is 20.2 Å². The van der Waals surface area contributed by atoms with E-state index in [9.17, 15) is 4.79 Å². The van der Waals surface area contributed by atoms with Gasteiger partial charge in [0.2, 0.25) is 11.8 Å². The number of likely N-dealkylation sites (tertiary alicyclic amines) is 1. The van der Waals surface area contributed by atoms with Gasteiger partial charge in [0.05, 0.1) is 19.3 Å². The highest BCUT2D eigenvalue weighted by Gasteiger charge is 2.31. The van der Waals surface area contributed by atoms with Crippen molar-refractivity contribution in [2.45, 2.75) is 19.4 Å². The van der Waals surface area contributed by atoms with Crippen LogP contribution in [0.4, 0.5) is 0 Å². The number of imidazole rings is 1. The van der Waals surface area contributed by atoms with Crippen LogP contribution < -0.4 is 9.47 Å². The largest absolute Gasteiger partial charge is 0.480 e. The molecule has 1 amide bonds. The van der Waals surface area contributed by atoms with E-state index in [0.717, 1.165) is 17.8 Å². The van der Waals surface area contributed by atoms with Gasteiger partial charge in [0.1, 0.15) is 17.4 Å². The van der Waals surface area contributed by atoms with Gasteiger partial charge in [0.25, 0.3) is 5.91 Å². The lowest BCUT2D eigenvalue weighted by molar-refractivity contribution is 0.0763. The predicted octanol–water partition coefficient (Wildman–Crippen LogP) is 1.73. The van der Waals surface area contributed by atoms with Crippen LogP contribution in [0.15, 0.2) is 36.5 Å². The fourth-order valence-electron chi connectivity index (χ4n) is 3.18. The molecule has 26 heavy (non-hydrogen) atoms. The maximum absolute atomic E-state index is 13.0. The standard InChI is InChI=1S/C18H19N5O3/c1-12-17(23-9-4-3-5-14(23)19-12)18(24)22-10-8-13(11-22)26-16-7-6-15(25-2)20-21-16/h3-7,9,13H,8,10-11H2,1-2H3/t13-/m1/s1. The Hall–Kier alpha value is -3.16. The number of aromatic nitrogens is 4. The van der Waals surface area contributed by atoms with Gasteiger partial charge >= 0.3 is 0 Å². The van der Waals surface area contributed by atoms with E-state index in [1.54, 1.807) is 17.0 Å². The lowest BCUT2D eigenvalue weighted by Gasteiger charge is -2.17. The molecule has 3 aromatic heterocycles. The third-order valence-corrected chi connectivity index (χ3v) is 4.45. The molecule has 8 heteroatoms. The van der Waals surface area contributed by atoms with E-state index in [2.05, 4.69) is 15.2 Å². The summed E-state index contributed by atoms with van der Waals surface area (Å²) in [4.78, 5) is 19.2. The number of hydrogen-bond acceptors (Lipinski definition) is 6. The van der Waals surface area contributed by atoms with Crippen LogP contribution in [0.2, 0.25) is 0 Å².